The Kier molecular flexibility index (Phi) is 6.62. The monoisotopic (exact) mass is 454 g/mol. The summed E-state index contributed by atoms with van der Waals surface area (Å²) in [4.78, 5) is 63.2. The number of fused-ring (bicyclic) bond motifs is 1. The Labute approximate surface area is 189 Å². The lowest BCUT2D eigenvalue weighted by Crippen LogP contribution is -2.43. The summed E-state index contributed by atoms with van der Waals surface area (Å²) < 4.78 is 21.0. The molecule has 0 N–H and O–H groups in total. The van der Waals surface area contributed by atoms with Gasteiger partial charge in [-0.2, -0.15) is 0 Å². The molecule has 0 fully saturated rings. The maximum absolute atomic E-state index is 13.6. The molecule has 33 heavy (non-hydrogen) atoms. The Morgan fingerprint density at radius 2 is 1.55 bits per heavy atom. The third-order valence-electron chi connectivity index (χ3n) is 4.97. The molecule has 0 radical (unpaired) electrons. The lowest BCUT2D eigenvalue weighted by atomic mass is 9.85. The third kappa shape index (κ3) is 4.21. The van der Waals surface area contributed by atoms with Crippen LogP contribution in [-0.4, -0.2) is 43.2 Å². The van der Waals surface area contributed by atoms with Crippen molar-refractivity contribution in [2.24, 2.45) is 0 Å². The van der Waals surface area contributed by atoms with Crippen LogP contribution in [0.1, 0.15) is 52.6 Å². The van der Waals surface area contributed by atoms with Crippen LogP contribution in [0.5, 0.6) is 11.5 Å². The van der Waals surface area contributed by atoms with Crippen molar-refractivity contribution >= 4 is 29.5 Å². The highest BCUT2D eigenvalue weighted by atomic mass is 16.6. The van der Waals surface area contributed by atoms with E-state index in [0.29, 0.717) is 5.56 Å². The largest absolute Gasteiger partial charge is 0.493 e. The molecule has 0 unspecified atom stereocenters. The second-order valence-electron chi connectivity index (χ2n) is 7.23. The average molecular weight is 454 g/mol. The highest BCUT2D eigenvalue weighted by Gasteiger charge is 2.59. The van der Waals surface area contributed by atoms with Gasteiger partial charge in [-0.3, -0.25) is 24.0 Å². The van der Waals surface area contributed by atoms with E-state index in [2.05, 4.69) is 0 Å². The number of rotatable bonds is 7. The molecule has 2 aromatic rings. The molecule has 0 heterocycles. The summed E-state index contributed by atoms with van der Waals surface area (Å²) in [5.74, 6) is -4.16. The molecule has 0 atom stereocenters. The normalized spacial score (nSPS) is 13.8. The van der Waals surface area contributed by atoms with Crippen molar-refractivity contribution in [3.63, 3.8) is 0 Å². The molecule has 0 spiro atoms. The standard InChI is InChI=1S/C24H22O9/c1-5-31-20(27)12-15-10-18(21(32-13(2)25)19(11-15)30-4)24(33-14(3)26)22(28)16-8-6-7-9-17(16)23(24)29/h6-11H,5,12H2,1-4H3. The topological polar surface area (TPSA) is 122 Å². The van der Waals surface area contributed by atoms with Crippen LogP contribution in [0.4, 0.5) is 0 Å². The van der Waals surface area contributed by atoms with Crippen LogP contribution in [0, 0.1) is 0 Å². The van der Waals surface area contributed by atoms with Crippen LogP contribution in [-0.2, 0) is 35.9 Å². The van der Waals surface area contributed by atoms with Crippen molar-refractivity contribution in [1.29, 1.82) is 0 Å². The van der Waals surface area contributed by atoms with E-state index < -0.39 is 35.1 Å². The fourth-order valence-electron chi connectivity index (χ4n) is 3.77. The van der Waals surface area contributed by atoms with Gasteiger partial charge in [0.1, 0.15) is 0 Å². The summed E-state index contributed by atoms with van der Waals surface area (Å²) in [7, 11) is 1.28. The number of Topliss-reactive ketones (excluding diaryl/α,β-unsaturated/α-hetero) is 2. The van der Waals surface area contributed by atoms with E-state index in [4.69, 9.17) is 18.9 Å². The van der Waals surface area contributed by atoms with Crippen molar-refractivity contribution in [1.82, 2.24) is 0 Å². The van der Waals surface area contributed by atoms with Crippen LogP contribution in [0.2, 0.25) is 0 Å². The zero-order valence-corrected chi connectivity index (χ0v) is 18.6. The van der Waals surface area contributed by atoms with Crippen LogP contribution < -0.4 is 9.47 Å². The number of methoxy groups -OCH3 is 1. The van der Waals surface area contributed by atoms with E-state index in [1.165, 1.54) is 31.4 Å². The van der Waals surface area contributed by atoms with Crippen LogP contribution >= 0.6 is 0 Å². The molecule has 1 aliphatic carbocycles. The third-order valence-corrected chi connectivity index (χ3v) is 4.97. The Balaban J connectivity index is 2.34. The van der Waals surface area contributed by atoms with Crippen molar-refractivity contribution in [3.8, 4) is 11.5 Å². The van der Waals surface area contributed by atoms with Crippen LogP contribution in [0.25, 0.3) is 0 Å². The van der Waals surface area contributed by atoms with E-state index in [1.807, 2.05) is 0 Å². The number of ether oxygens (including phenoxy) is 4. The van der Waals surface area contributed by atoms with E-state index >= 15 is 0 Å². The first-order valence-electron chi connectivity index (χ1n) is 10.1. The maximum Gasteiger partial charge on any atom is 0.310 e. The lowest BCUT2D eigenvalue weighted by molar-refractivity contribution is -0.149. The minimum absolute atomic E-state index is 0.0370. The molecule has 9 nitrogen and oxygen atoms in total. The lowest BCUT2D eigenvalue weighted by Gasteiger charge is -2.28. The van der Waals surface area contributed by atoms with Gasteiger partial charge >= 0.3 is 17.9 Å². The highest BCUT2D eigenvalue weighted by Crippen LogP contribution is 2.48. The van der Waals surface area contributed by atoms with Gasteiger partial charge in [-0.1, -0.05) is 24.3 Å². The van der Waals surface area contributed by atoms with Gasteiger partial charge in [0.25, 0.3) is 5.60 Å². The van der Waals surface area contributed by atoms with Gasteiger partial charge in [0.2, 0.25) is 11.6 Å². The molecule has 0 saturated heterocycles. The molecule has 1 aliphatic rings. The zero-order valence-electron chi connectivity index (χ0n) is 18.6. The number of hydrogen-bond acceptors (Lipinski definition) is 9. The molecule has 0 amide bonds. The van der Waals surface area contributed by atoms with Gasteiger partial charge in [-0.25, -0.2) is 0 Å². The fraction of sp³-hybridized carbons (Fsp3) is 0.292. The predicted octanol–water partition coefficient (Wildman–Crippen LogP) is 2.56. The first-order chi connectivity index (χ1) is 15.6. The fourth-order valence-corrected chi connectivity index (χ4v) is 3.77. The second-order valence-corrected chi connectivity index (χ2v) is 7.23. The summed E-state index contributed by atoms with van der Waals surface area (Å²) >= 11 is 0. The zero-order chi connectivity index (χ0) is 24.3. The quantitative estimate of drug-likeness (QED) is 0.353. The van der Waals surface area contributed by atoms with Gasteiger partial charge in [0.15, 0.2) is 11.5 Å². The van der Waals surface area contributed by atoms with E-state index in [0.717, 1.165) is 13.8 Å². The molecule has 2 aromatic carbocycles. The van der Waals surface area contributed by atoms with Crippen molar-refractivity contribution in [3.05, 3.63) is 58.7 Å². The Morgan fingerprint density at radius 1 is 0.939 bits per heavy atom. The summed E-state index contributed by atoms with van der Waals surface area (Å²) in [6.07, 6.45) is -0.233. The number of esters is 3. The number of ketones is 2. The van der Waals surface area contributed by atoms with Crippen molar-refractivity contribution in [2.45, 2.75) is 32.8 Å². The Hall–Kier alpha value is -4.01. The molecule has 0 bridgehead atoms. The SMILES string of the molecule is CCOC(=O)Cc1cc(OC)c(OC(C)=O)c(C2(OC(C)=O)C(=O)c3ccccc3C2=O)c1. The Bertz CT molecular complexity index is 1130. The number of carbonyl (C=O) groups excluding carboxylic acids is 5. The van der Waals surface area contributed by atoms with E-state index in [1.54, 1.807) is 19.1 Å². The molecular formula is C24H22O9. The average Bonchev–Trinajstić information content (AvgIpc) is 2.96. The van der Waals surface area contributed by atoms with Gasteiger partial charge < -0.3 is 18.9 Å². The predicted molar refractivity (Wildman–Crippen MR) is 113 cm³/mol. The number of benzene rings is 2. The number of hydrogen-bond donors (Lipinski definition) is 0. The highest BCUT2D eigenvalue weighted by molar-refractivity contribution is 6.33. The molecule has 3 rings (SSSR count). The smallest absolute Gasteiger partial charge is 0.310 e. The first kappa shape index (κ1) is 23.6. The molecule has 0 aliphatic heterocycles. The first-order valence-corrected chi connectivity index (χ1v) is 10.1. The molecule has 172 valence electrons. The van der Waals surface area contributed by atoms with Gasteiger partial charge in [-0.05, 0) is 24.6 Å². The minimum Gasteiger partial charge on any atom is -0.493 e. The second kappa shape index (κ2) is 9.23. The van der Waals surface area contributed by atoms with Crippen molar-refractivity contribution < 1.29 is 42.9 Å². The minimum atomic E-state index is -2.46. The van der Waals surface area contributed by atoms with Gasteiger partial charge in [-0.15, -0.1) is 0 Å². The molecule has 0 saturated carbocycles. The van der Waals surface area contributed by atoms with Gasteiger partial charge in [0, 0.05) is 25.0 Å². The summed E-state index contributed by atoms with van der Waals surface area (Å²) in [6.45, 7) is 3.98. The molecule has 0 aromatic heterocycles. The van der Waals surface area contributed by atoms with Gasteiger partial charge in [0.05, 0.1) is 25.7 Å². The van der Waals surface area contributed by atoms with Crippen LogP contribution in [0.3, 0.4) is 0 Å². The summed E-state index contributed by atoms with van der Waals surface area (Å²) in [5, 5.41) is 0. The van der Waals surface area contributed by atoms with Crippen molar-refractivity contribution in [2.75, 3.05) is 13.7 Å². The maximum atomic E-state index is 13.6. The Morgan fingerprint density at radius 3 is 2.03 bits per heavy atom. The summed E-state index contributed by atoms with van der Waals surface area (Å²) in [5.41, 5.74) is -2.30. The summed E-state index contributed by atoms with van der Waals surface area (Å²) in [6, 6.07) is 8.73. The van der Waals surface area contributed by atoms with Crippen LogP contribution in [0.15, 0.2) is 36.4 Å². The molecular weight excluding hydrogens is 432 g/mol. The van der Waals surface area contributed by atoms with E-state index in [-0.39, 0.29) is 41.2 Å². The molecule has 9 heteroatoms. The number of carbonyl (C=O) groups is 5. The van der Waals surface area contributed by atoms with E-state index in [9.17, 15) is 24.0 Å².